The Morgan fingerprint density at radius 3 is 2.80 bits per heavy atom. The average Bonchev–Trinajstić information content (AvgIpc) is 2.63. The number of ether oxygens (including phenoxy) is 2. The number of nitrogens with one attached hydrogen (secondary N) is 1. The molecule has 6 nitrogen and oxygen atoms in total. The van der Waals surface area contributed by atoms with Crippen LogP contribution in [0.2, 0.25) is 0 Å². The largest absolute Gasteiger partial charge is 0.492 e. The number of halogens is 1. The highest BCUT2D eigenvalue weighted by Crippen LogP contribution is 2.18. The number of piperidine rings is 1. The molecular formula is C18H28IN3O3. The summed E-state index contributed by atoms with van der Waals surface area (Å²) < 4.78 is 10.8. The molecule has 1 unspecified atom stereocenters. The number of benzene rings is 1. The zero-order valence-corrected chi connectivity index (χ0v) is 17.3. The molecule has 2 rings (SSSR count). The minimum absolute atomic E-state index is 0. The summed E-state index contributed by atoms with van der Waals surface area (Å²) in [5.41, 5.74) is 0. The summed E-state index contributed by atoms with van der Waals surface area (Å²) in [6.07, 6.45) is 1.84. The Hall–Kier alpha value is -1.51. The van der Waals surface area contributed by atoms with Crippen LogP contribution in [0.5, 0.6) is 5.75 Å². The van der Waals surface area contributed by atoms with E-state index in [0.717, 1.165) is 31.1 Å². The molecule has 0 aliphatic carbocycles. The minimum atomic E-state index is -0.106. The van der Waals surface area contributed by atoms with Crippen LogP contribution in [0.25, 0.3) is 0 Å². The summed E-state index contributed by atoms with van der Waals surface area (Å²) in [4.78, 5) is 18.4. The van der Waals surface area contributed by atoms with E-state index in [1.165, 1.54) is 0 Å². The number of rotatable bonds is 6. The molecule has 1 aliphatic heterocycles. The molecule has 140 valence electrons. The third kappa shape index (κ3) is 7.09. The zero-order valence-electron chi connectivity index (χ0n) is 14.9. The van der Waals surface area contributed by atoms with Crippen molar-refractivity contribution in [1.29, 1.82) is 0 Å². The van der Waals surface area contributed by atoms with Gasteiger partial charge in [0.1, 0.15) is 12.4 Å². The van der Waals surface area contributed by atoms with Crippen molar-refractivity contribution in [2.24, 2.45) is 10.9 Å². The maximum atomic E-state index is 11.9. The van der Waals surface area contributed by atoms with Gasteiger partial charge in [-0.2, -0.15) is 0 Å². The molecule has 1 fully saturated rings. The third-order valence-electron chi connectivity index (χ3n) is 3.95. The Labute approximate surface area is 167 Å². The SMILES string of the molecule is CCOC(=O)C1CCCN(C(=NC)NCCOc2ccccc2)C1.I. The van der Waals surface area contributed by atoms with Crippen molar-refractivity contribution in [2.45, 2.75) is 19.8 Å². The summed E-state index contributed by atoms with van der Waals surface area (Å²) >= 11 is 0. The van der Waals surface area contributed by atoms with Crippen LogP contribution in [-0.4, -0.2) is 56.7 Å². The van der Waals surface area contributed by atoms with Gasteiger partial charge in [0.25, 0.3) is 0 Å². The monoisotopic (exact) mass is 461 g/mol. The van der Waals surface area contributed by atoms with Gasteiger partial charge in [-0.1, -0.05) is 18.2 Å². The summed E-state index contributed by atoms with van der Waals surface area (Å²) in [6.45, 7) is 5.03. The highest BCUT2D eigenvalue weighted by atomic mass is 127. The summed E-state index contributed by atoms with van der Waals surface area (Å²) in [5.74, 6) is 1.48. The number of aliphatic imine (C=N–C) groups is 1. The van der Waals surface area contributed by atoms with E-state index in [0.29, 0.717) is 26.3 Å². The molecule has 1 aromatic carbocycles. The number of carbonyl (C=O) groups is 1. The predicted molar refractivity (Wildman–Crippen MR) is 110 cm³/mol. The first-order valence-electron chi connectivity index (χ1n) is 8.54. The van der Waals surface area contributed by atoms with E-state index in [1.54, 1.807) is 7.05 Å². The second kappa shape index (κ2) is 11.9. The van der Waals surface area contributed by atoms with Crippen LogP contribution >= 0.6 is 24.0 Å². The van der Waals surface area contributed by atoms with E-state index in [1.807, 2.05) is 37.3 Å². The molecule has 0 aromatic heterocycles. The Balaban J connectivity index is 0.00000312. The van der Waals surface area contributed by atoms with Crippen molar-refractivity contribution in [1.82, 2.24) is 10.2 Å². The van der Waals surface area contributed by atoms with Crippen molar-refractivity contribution >= 4 is 35.9 Å². The van der Waals surface area contributed by atoms with Crippen molar-refractivity contribution in [3.63, 3.8) is 0 Å². The van der Waals surface area contributed by atoms with Crippen molar-refractivity contribution in [3.05, 3.63) is 30.3 Å². The van der Waals surface area contributed by atoms with Gasteiger partial charge in [-0.05, 0) is 31.9 Å². The maximum absolute atomic E-state index is 11.9. The van der Waals surface area contributed by atoms with E-state index < -0.39 is 0 Å². The van der Waals surface area contributed by atoms with Crippen molar-refractivity contribution in [3.8, 4) is 5.75 Å². The molecule has 1 aromatic rings. The number of likely N-dealkylation sites (tertiary alicyclic amines) is 1. The zero-order chi connectivity index (χ0) is 17.2. The second-order valence-electron chi connectivity index (χ2n) is 5.67. The number of guanidine groups is 1. The molecule has 1 aliphatic rings. The topological polar surface area (TPSA) is 63.2 Å². The molecule has 1 saturated heterocycles. The van der Waals surface area contributed by atoms with E-state index in [9.17, 15) is 4.79 Å². The fourth-order valence-electron chi connectivity index (χ4n) is 2.80. The first-order chi connectivity index (χ1) is 11.7. The number of hydrogen-bond acceptors (Lipinski definition) is 4. The molecule has 1 atom stereocenters. The number of para-hydroxylation sites is 1. The van der Waals surface area contributed by atoms with Crippen molar-refractivity contribution in [2.75, 3.05) is 39.9 Å². The van der Waals surface area contributed by atoms with Crippen LogP contribution in [0, 0.1) is 5.92 Å². The fourth-order valence-corrected chi connectivity index (χ4v) is 2.80. The molecule has 0 bridgehead atoms. The molecule has 1 N–H and O–H groups in total. The molecule has 0 spiro atoms. The van der Waals surface area contributed by atoms with Gasteiger partial charge in [0.2, 0.25) is 0 Å². The van der Waals surface area contributed by atoms with E-state index in [-0.39, 0.29) is 35.9 Å². The van der Waals surface area contributed by atoms with Gasteiger partial charge in [0.15, 0.2) is 5.96 Å². The Morgan fingerprint density at radius 2 is 2.12 bits per heavy atom. The molecule has 25 heavy (non-hydrogen) atoms. The smallest absolute Gasteiger partial charge is 0.310 e. The number of hydrogen-bond donors (Lipinski definition) is 1. The second-order valence-corrected chi connectivity index (χ2v) is 5.67. The Morgan fingerprint density at radius 1 is 1.36 bits per heavy atom. The molecule has 1 heterocycles. The van der Waals surface area contributed by atoms with Gasteiger partial charge >= 0.3 is 5.97 Å². The van der Waals surface area contributed by atoms with Crippen LogP contribution in [0.4, 0.5) is 0 Å². The summed E-state index contributed by atoms with van der Waals surface area (Å²) in [5, 5.41) is 3.30. The quantitative estimate of drug-likeness (QED) is 0.232. The molecule has 7 heteroatoms. The average molecular weight is 461 g/mol. The number of nitrogens with zero attached hydrogens (tertiary/aromatic N) is 2. The number of carbonyl (C=O) groups excluding carboxylic acids is 1. The maximum Gasteiger partial charge on any atom is 0.310 e. The lowest BCUT2D eigenvalue weighted by Crippen LogP contribution is -2.49. The van der Waals surface area contributed by atoms with Crippen LogP contribution < -0.4 is 10.1 Å². The third-order valence-corrected chi connectivity index (χ3v) is 3.95. The predicted octanol–water partition coefficient (Wildman–Crippen LogP) is 2.53. The molecular weight excluding hydrogens is 433 g/mol. The molecule has 0 saturated carbocycles. The van der Waals surface area contributed by atoms with Gasteiger partial charge in [0, 0.05) is 20.1 Å². The van der Waals surface area contributed by atoms with Crippen LogP contribution in [0.15, 0.2) is 35.3 Å². The Bertz CT molecular complexity index is 540. The van der Waals surface area contributed by atoms with Gasteiger partial charge in [-0.3, -0.25) is 9.79 Å². The molecule has 0 radical (unpaired) electrons. The summed E-state index contributed by atoms with van der Waals surface area (Å²) in [7, 11) is 1.76. The van der Waals surface area contributed by atoms with Crippen LogP contribution in [0.1, 0.15) is 19.8 Å². The highest BCUT2D eigenvalue weighted by Gasteiger charge is 2.28. The number of esters is 1. The van der Waals surface area contributed by atoms with Crippen LogP contribution in [-0.2, 0) is 9.53 Å². The molecule has 0 amide bonds. The Kier molecular flexibility index (Phi) is 10.3. The van der Waals surface area contributed by atoms with Gasteiger partial charge in [-0.25, -0.2) is 0 Å². The van der Waals surface area contributed by atoms with Gasteiger partial charge in [0.05, 0.1) is 19.1 Å². The first-order valence-corrected chi connectivity index (χ1v) is 8.54. The summed E-state index contributed by atoms with van der Waals surface area (Å²) in [6, 6.07) is 9.73. The van der Waals surface area contributed by atoms with Crippen LogP contribution in [0.3, 0.4) is 0 Å². The normalized spacial score (nSPS) is 17.4. The lowest BCUT2D eigenvalue weighted by molar-refractivity contribution is -0.149. The minimum Gasteiger partial charge on any atom is -0.492 e. The van der Waals surface area contributed by atoms with E-state index in [2.05, 4.69) is 15.2 Å². The standard InChI is InChI=1S/C18H27N3O3.HI/c1-3-23-17(22)15-8-7-12-21(14-15)18(19-2)20-11-13-24-16-9-5-4-6-10-16;/h4-6,9-10,15H,3,7-8,11-14H2,1-2H3,(H,19,20);1H. The lowest BCUT2D eigenvalue weighted by Gasteiger charge is -2.33. The van der Waals surface area contributed by atoms with Crippen molar-refractivity contribution < 1.29 is 14.3 Å². The van der Waals surface area contributed by atoms with Gasteiger partial charge in [-0.15, -0.1) is 24.0 Å². The fraction of sp³-hybridized carbons (Fsp3) is 0.556. The lowest BCUT2D eigenvalue weighted by atomic mass is 9.98. The van der Waals surface area contributed by atoms with Gasteiger partial charge < -0.3 is 19.7 Å². The highest BCUT2D eigenvalue weighted by molar-refractivity contribution is 14.0. The van der Waals surface area contributed by atoms with E-state index >= 15 is 0 Å². The first kappa shape index (κ1) is 21.5. The van der Waals surface area contributed by atoms with E-state index in [4.69, 9.17) is 9.47 Å².